The second kappa shape index (κ2) is 3.76. The molecule has 2 fully saturated rings. The van der Waals surface area contributed by atoms with Gasteiger partial charge in [0.1, 0.15) is 6.04 Å². The van der Waals surface area contributed by atoms with E-state index in [4.69, 9.17) is 5.73 Å². The van der Waals surface area contributed by atoms with Gasteiger partial charge in [-0.05, 0) is 33.1 Å². The van der Waals surface area contributed by atoms with Crippen molar-refractivity contribution in [3.63, 3.8) is 0 Å². The normalized spacial score (nSPS) is 32.2. The van der Waals surface area contributed by atoms with Crippen molar-refractivity contribution in [2.45, 2.75) is 50.7 Å². The van der Waals surface area contributed by atoms with Gasteiger partial charge in [-0.1, -0.05) is 0 Å². The number of nitrogens with two attached hydrogens (primary N) is 1. The summed E-state index contributed by atoms with van der Waals surface area (Å²) in [7, 11) is 0. The van der Waals surface area contributed by atoms with Crippen LogP contribution in [0.25, 0.3) is 0 Å². The third kappa shape index (κ3) is 2.01. The summed E-state index contributed by atoms with van der Waals surface area (Å²) in [6, 6.07) is 0.451. The molecule has 1 saturated carbocycles. The van der Waals surface area contributed by atoms with Crippen molar-refractivity contribution in [3.8, 4) is 0 Å². The first-order valence-corrected chi connectivity index (χ1v) is 5.82. The quantitative estimate of drug-likeness (QED) is 0.680. The number of amides is 1. The van der Waals surface area contributed by atoms with E-state index < -0.39 is 0 Å². The highest BCUT2D eigenvalue weighted by atomic mass is 16.2. The molecule has 3 N–H and O–H groups in total. The Hall–Kier alpha value is -0.610. The fourth-order valence-electron chi connectivity index (χ4n) is 2.61. The van der Waals surface area contributed by atoms with Crippen molar-refractivity contribution in [2.24, 2.45) is 5.73 Å². The number of rotatable bonds is 2. The molecule has 0 spiro atoms. The summed E-state index contributed by atoms with van der Waals surface area (Å²) >= 11 is 0. The average Bonchev–Trinajstić information content (AvgIpc) is 2.94. The maximum absolute atomic E-state index is 11.8. The van der Waals surface area contributed by atoms with E-state index in [2.05, 4.69) is 24.1 Å². The highest BCUT2D eigenvalue weighted by Crippen LogP contribution is 2.36. The minimum atomic E-state index is -0.130. The summed E-state index contributed by atoms with van der Waals surface area (Å²) in [6.45, 7) is 5.62. The van der Waals surface area contributed by atoms with E-state index >= 15 is 0 Å². The summed E-state index contributed by atoms with van der Waals surface area (Å²) in [4.78, 5) is 14.2. The molecule has 0 aromatic rings. The lowest BCUT2D eigenvalue weighted by Gasteiger charge is -2.40. The molecular weight excluding hydrogens is 190 g/mol. The zero-order chi connectivity index (χ0) is 11.1. The Bertz CT molecular complexity index is 261. The number of carbonyl (C=O) groups excluding carboxylic acids is 1. The highest BCUT2D eigenvalue weighted by Gasteiger charge is 2.45. The van der Waals surface area contributed by atoms with Crippen molar-refractivity contribution in [1.82, 2.24) is 10.2 Å². The molecule has 1 aliphatic heterocycles. The molecule has 1 amide bonds. The Morgan fingerprint density at radius 1 is 1.53 bits per heavy atom. The Kier molecular flexibility index (Phi) is 2.73. The third-order valence-corrected chi connectivity index (χ3v) is 3.54. The largest absolute Gasteiger partial charge is 0.355 e. The van der Waals surface area contributed by atoms with Gasteiger partial charge in [-0.25, -0.2) is 0 Å². The van der Waals surface area contributed by atoms with Gasteiger partial charge in [-0.3, -0.25) is 9.69 Å². The van der Waals surface area contributed by atoms with Crippen LogP contribution in [-0.4, -0.2) is 41.5 Å². The van der Waals surface area contributed by atoms with Crippen LogP contribution in [0.5, 0.6) is 0 Å². The fraction of sp³-hybridized carbons (Fsp3) is 0.909. The maximum atomic E-state index is 11.8. The van der Waals surface area contributed by atoms with Crippen LogP contribution in [0.4, 0.5) is 0 Å². The van der Waals surface area contributed by atoms with Crippen LogP contribution < -0.4 is 11.1 Å². The van der Waals surface area contributed by atoms with Gasteiger partial charge in [0.05, 0.1) is 0 Å². The van der Waals surface area contributed by atoms with E-state index in [1.54, 1.807) is 0 Å². The minimum absolute atomic E-state index is 0.0877. The van der Waals surface area contributed by atoms with Gasteiger partial charge in [-0.2, -0.15) is 0 Å². The van der Waals surface area contributed by atoms with E-state index in [0.29, 0.717) is 12.6 Å². The smallest absolute Gasteiger partial charge is 0.238 e. The second-order valence-electron chi connectivity index (χ2n) is 5.24. The van der Waals surface area contributed by atoms with Gasteiger partial charge in [0.25, 0.3) is 0 Å². The average molecular weight is 211 g/mol. The molecule has 0 aromatic heterocycles. The van der Waals surface area contributed by atoms with E-state index in [9.17, 15) is 4.79 Å². The van der Waals surface area contributed by atoms with Crippen LogP contribution in [0.2, 0.25) is 0 Å². The molecule has 1 saturated heterocycles. The summed E-state index contributed by atoms with van der Waals surface area (Å²) < 4.78 is 0. The predicted molar refractivity (Wildman–Crippen MR) is 59.4 cm³/mol. The van der Waals surface area contributed by atoms with E-state index in [-0.39, 0.29) is 17.5 Å². The SMILES string of the molecule is CC1(C)CCNC(=O)C(CN)N1C1CC1. The van der Waals surface area contributed by atoms with Crippen molar-refractivity contribution in [1.29, 1.82) is 0 Å². The lowest BCUT2D eigenvalue weighted by atomic mass is 9.96. The topological polar surface area (TPSA) is 58.4 Å². The van der Waals surface area contributed by atoms with Crippen molar-refractivity contribution in [2.75, 3.05) is 13.1 Å². The van der Waals surface area contributed by atoms with E-state index in [0.717, 1.165) is 13.0 Å². The zero-order valence-corrected chi connectivity index (χ0v) is 9.62. The van der Waals surface area contributed by atoms with Crippen molar-refractivity contribution < 1.29 is 4.79 Å². The first-order chi connectivity index (χ1) is 7.06. The van der Waals surface area contributed by atoms with Crippen molar-refractivity contribution >= 4 is 5.91 Å². The molecule has 86 valence electrons. The van der Waals surface area contributed by atoms with E-state index in [1.165, 1.54) is 12.8 Å². The summed E-state index contributed by atoms with van der Waals surface area (Å²) in [6.07, 6.45) is 3.44. The van der Waals surface area contributed by atoms with Crippen LogP contribution >= 0.6 is 0 Å². The van der Waals surface area contributed by atoms with Gasteiger partial charge in [0.2, 0.25) is 5.91 Å². The first kappa shape index (κ1) is 10.9. The molecule has 0 aromatic carbocycles. The molecule has 4 heteroatoms. The summed E-state index contributed by atoms with van der Waals surface area (Å²) in [5.41, 5.74) is 5.83. The standard InChI is InChI=1S/C11H21N3O/c1-11(2)5-6-13-10(15)9(7-12)14(11)8-3-4-8/h8-9H,3-7,12H2,1-2H3,(H,13,15). The van der Waals surface area contributed by atoms with Crippen LogP contribution in [0.1, 0.15) is 33.1 Å². The molecule has 15 heavy (non-hydrogen) atoms. The first-order valence-electron chi connectivity index (χ1n) is 5.82. The number of hydrogen-bond acceptors (Lipinski definition) is 3. The predicted octanol–water partition coefficient (Wildman–Crippen LogP) is 0.0766. The molecule has 1 aliphatic carbocycles. The monoisotopic (exact) mass is 211 g/mol. The maximum Gasteiger partial charge on any atom is 0.238 e. The Labute approximate surface area is 91.2 Å². The molecule has 2 aliphatic rings. The summed E-state index contributed by atoms with van der Waals surface area (Å²) in [5, 5.41) is 2.95. The molecule has 4 nitrogen and oxygen atoms in total. The zero-order valence-electron chi connectivity index (χ0n) is 9.62. The second-order valence-corrected chi connectivity index (χ2v) is 5.24. The van der Waals surface area contributed by atoms with Gasteiger partial charge >= 0.3 is 0 Å². The van der Waals surface area contributed by atoms with Crippen LogP contribution in [0.3, 0.4) is 0 Å². The highest BCUT2D eigenvalue weighted by molar-refractivity contribution is 5.82. The number of carbonyl (C=O) groups is 1. The lowest BCUT2D eigenvalue weighted by molar-refractivity contribution is -0.127. The van der Waals surface area contributed by atoms with Gasteiger partial charge < -0.3 is 11.1 Å². The summed E-state index contributed by atoms with van der Waals surface area (Å²) in [5.74, 6) is 0.106. The molecule has 1 atom stereocenters. The van der Waals surface area contributed by atoms with Gasteiger partial charge in [0.15, 0.2) is 0 Å². The minimum Gasteiger partial charge on any atom is -0.355 e. The Morgan fingerprint density at radius 2 is 2.20 bits per heavy atom. The Morgan fingerprint density at radius 3 is 2.73 bits per heavy atom. The number of nitrogens with zero attached hydrogens (tertiary/aromatic N) is 1. The molecule has 0 radical (unpaired) electrons. The number of nitrogens with one attached hydrogen (secondary N) is 1. The molecule has 1 unspecified atom stereocenters. The van der Waals surface area contributed by atoms with Crippen LogP contribution in [0.15, 0.2) is 0 Å². The van der Waals surface area contributed by atoms with E-state index in [1.807, 2.05) is 0 Å². The van der Waals surface area contributed by atoms with Crippen LogP contribution in [0, 0.1) is 0 Å². The van der Waals surface area contributed by atoms with Gasteiger partial charge in [-0.15, -0.1) is 0 Å². The fourth-order valence-corrected chi connectivity index (χ4v) is 2.61. The Balaban J connectivity index is 2.25. The third-order valence-electron chi connectivity index (χ3n) is 3.54. The van der Waals surface area contributed by atoms with Crippen molar-refractivity contribution in [3.05, 3.63) is 0 Å². The lowest BCUT2D eigenvalue weighted by Crippen LogP contribution is -2.56. The molecular formula is C11H21N3O. The van der Waals surface area contributed by atoms with Crippen LogP contribution in [-0.2, 0) is 4.79 Å². The molecule has 0 bridgehead atoms. The number of hydrogen-bond donors (Lipinski definition) is 2. The molecule has 1 heterocycles. The molecule has 2 rings (SSSR count). The van der Waals surface area contributed by atoms with Gasteiger partial charge in [0, 0.05) is 24.7 Å².